The monoisotopic (exact) mass is 346 g/mol. The number of nitrogens with zero attached hydrogens (tertiary/aromatic N) is 1. The molecule has 26 heavy (non-hydrogen) atoms. The maximum atomic E-state index is 12.5. The first-order valence-corrected chi connectivity index (χ1v) is 8.54. The molecule has 132 valence electrons. The van der Waals surface area contributed by atoms with Gasteiger partial charge < -0.3 is 9.84 Å². The zero-order chi connectivity index (χ0) is 18.7. The Morgan fingerprint density at radius 3 is 2.38 bits per heavy atom. The van der Waals surface area contributed by atoms with Gasteiger partial charge in [-0.15, -0.1) is 0 Å². The SMILES string of the molecule is Cc1cccc(NC(=O)c2ccc(C=Cc3c(C)noc3C)cc2)c1C. The molecule has 4 heteroatoms. The molecule has 0 fully saturated rings. The van der Waals surface area contributed by atoms with Crippen molar-refractivity contribution in [2.75, 3.05) is 5.32 Å². The minimum absolute atomic E-state index is 0.111. The molecule has 0 bridgehead atoms. The fraction of sp³-hybridized carbons (Fsp3) is 0.182. The highest BCUT2D eigenvalue weighted by Crippen LogP contribution is 2.20. The van der Waals surface area contributed by atoms with Crippen molar-refractivity contribution in [3.63, 3.8) is 0 Å². The normalized spacial score (nSPS) is 11.1. The van der Waals surface area contributed by atoms with Crippen LogP contribution in [0.4, 0.5) is 5.69 Å². The Morgan fingerprint density at radius 1 is 1.00 bits per heavy atom. The predicted molar refractivity (Wildman–Crippen MR) is 105 cm³/mol. The van der Waals surface area contributed by atoms with Gasteiger partial charge in [-0.2, -0.15) is 0 Å². The number of hydrogen-bond acceptors (Lipinski definition) is 3. The van der Waals surface area contributed by atoms with Crippen molar-refractivity contribution in [3.8, 4) is 0 Å². The van der Waals surface area contributed by atoms with E-state index in [2.05, 4.69) is 10.5 Å². The number of amides is 1. The first kappa shape index (κ1) is 17.7. The molecule has 3 rings (SSSR count). The molecule has 0 spiro atoms. The second-order valence-electron chi connectivity index (χ2n) is 6.39. The fourth-order valence-electron chi connectivity index (χ4n) is 2.73. The number of aryl methyl sites for hydroxylation is 3. The lowest BCUT2D eigenvalue weighted by atomic mass is 10.1. The van der Waals surface area contributed by atoms with Crippen LogP contribution in [0.2, 0.25) is 0 Å². The van der Waals surface area contributed by atoms with Gasteiger partial charge in [-0.05, 0) is 68.7 Å². The molecule has 0 unspecified atom stereocenters. The Morgan fingerprint density at radius 2 is 1.73 bits per heavy atom. The topological polar surface area (TPSA) is 55.1 Å². The van der Waals surface area contributed by atoms with Crippen LogP contribution in [0.25, 0.3) is 12.2 Å². The lowest BCUT2D eigenvalue weighted by molar-refractivity contribution is 0.102. The second kappa shape index (κ2) is 7.40. The molecule has 0 aliphatic heterocycles. The Hall–Kier alpha value is -3.14. The Balaban J connectivity index is 1.73. The number of anilines is 1. The molecule has 1 aromatic heterocycles. The first-order valence-electron chi connectivity index (χ1n) is 8.54. The van der Waals surface area contributed by atoms with Gasteiger partial charge in [0.1, 0.15) is 5.76 Å². The molecule has 3 aromatic rings. The quantitative estimate of drug-likeness (QED) is 0.694. The standard InChI is InChI=1S/C22H22N2O2/c1-14-6-5-7-21(15(14)2)23-22(25)19-11-8-18(9-12-19)10-13-20-16(3)24-26-17(20)4/h5-13H,1-4H3,(H,23,25). The van der Waals surface area contributed by atoms with Crippen LogP contribution < -0.4 is 5.32 Å². The molecular formula is C22H22N2O2. The number of nitrogens with one attached hydrogen (secondary N) is 1. The maximum absolute atomic E-state index is 12.5. The molecule has 1 amide bonds. The van der Waals surface area contributed by atoms with Gasteiger partial charge in [0.05, 0.1) is 5.69 Å². The van der Waals surface area contributed by atoms with E-state index in [4.69, 9.17) is 4.52 Å². The molecule has 2 aromatic carbocycles. The summed E-state index contributed by atoms with van der Waals surface area (Å²) < 4.78 is 5.15. The lowest BCUT2D eigenvalue weighted by Crippen LogP contribution is -2.12. The average Bonchev–Trinajstić information content (AvgIpc) is 2.95. The largest absolute Gasteiger partial charge is 0.361 e. The zero-order valence-electron chi connectivity index (χ0n) is 15.5. The summed E-state index contributed by atoms with van der Waals surface area (Å²) in [7, 11) is 0. The van der Waals surface area contributed by atoms with E-state index in [9.17, 15) is 4.79 Å². The highest BCUT2D eigenvalue weighted by Gasteiger charge is 2.09. The molecule has 0 aliphatic rings. The first-order chi connectivity index (χ1) is 12.5. The van der Waals surface area contributed by atoms with Gasteiger partial charge >= 0.3 is 0 Å². The van der Waals surface area contributed by atoms with E-state index in [-0.39, 0.29) is 5.91 Å². The van der Waals surface area contributed by atoms with Crippen LogP contribution in [0.15, 0.2) is 47.0 Å². The van der Waals surface area contributed by atoms with Crippen LogP contribution in [-0.2, 0) is 0 Å². The number of carbonyl (C=O) groups excluding carboxylic acids is 1. The Bertz CT molecular complexity index is 947. The van der Waals surface area contributed by atoms with Crippen LogP contribution in [0.1, 0.15) is 44.1 Å². The van der Waals surface area contributed by atoms with Crippen LogP contribution in [0, 0.1) is 27.7 Å². The minimum atomic E-state index is -0.111. The summed E-state index contributed by atoms with van der Waals surface area (Å²) in [5.74, 6) is 0.684. The van der Waals surface area contributed by atoms with Crippen LogP contribution in [0.5, 0.6) is 0 Å². The van der Waals surface area contributed by atoms with E-state index < -0.39 is 0 Å². The number of rotatable bonds is 4. The van der Waals surface area contributed by atoms with E-state index in [1.165, 1.54) is 0 Å². The number of aromatic nitrogens is 1. The minimum Gasteiger partial charge on any atom is -0.361 e. The maximum Gasteiger partial charge on any atom is 0.255 e. The molecule has 0 radical (unpaired) electrons. The van der Waals surface area contributed by atoms with E-state index in [0.29, 0.717) is 5.56 Å². The van der Waals surface area contributed by atoms with Crippen molar-refractivity contribution >= 4 is 23.7 Å². The van der Waals surface area contributed by atoms with Gasteiger partial charge in [0, 0.05) is 16.8 Å². The van der Waals surface area contributed by atoms with E-state index in [1.54, 1.807) is 0 Å². The van der Waals surface area contributed by atoms with E-state index in [1.807, 2.05) is 82.3 Å². The Labute approximate surface area is 153 Å². The van der Waals surface area contributed by atoms with Crippen molar-refractivity contribution in [2.24, 2.45) is 0 Å². The number of hydrogen-bond donors (Lipinski definition) is 1. The number of carbonyl (C=O) groups is 1. The summed E-state index contributed by atoms with van der Waals surface area (Å²) in [5.41, 5.74) is 6.57. The van der Waals surface area contributed by atoms with Gasteiger partial charge in [-0.1, -0.05) is 35.5 Å². The fourth-order valence-corrected chi connectivity index (χ4v) is 2.73. The summed E-state index contributed by atoms with van der Waals surface area (Å²) in [6.07, 6.45) is 3.96. The van der Waals surface area contributed by atoms with E-state index >= 15 is 0 Å². The third-order valence-corrected chi connectivity index (χ3v) is 4.56. The van der Waals surface area contributed by atoms with Gasteiger partial charge in [-0.3, -0.25) is 4.79 Å². The molecule has 4 nitrogen and oxygen atoms in total. The summed E-state index contributed by atoms with van der Waals surface area (Å²) in [4.78, 5) is 12.5. The van der Waals surface area contributed by atoms with Gasteiger partial charge in [-0.25, -0.2) is 0 Å². The smallest absolute Gasteiger partial charge is 0.255 e. The van der Waals surface area contributed by atoms with Crippen LogP contribution in [0.3, 0.4) is 0 Å². The summed E-state index contributed by atoms with van der Waals surface area (Å²) in [6, 6.07) is 13.4. The zero-order valence-corrected chi connectivity index (χ0v) is 15.5. The van der Waals surface area contributed by atoms with Crippen LogP contribution >= 0.6 is 0 Å². The molecule has 0 saturated heterocycles. The molecule has 0 aliphatic carbocycles. The summed E-state index contributed by atoms with van der Waals surface area (Å²) in [5, 5.41) is 6.92. The highest BCUT2D eigenvalue weighted by atomic mass is 16.5. The van der Waals surface area contributed by atoms with Crippen molar-refractivity contribution in [2.45, 2.75) is 27.7 Å². The van der Waals surface area contributed by atoms with Crippen molar-refractivity contribution in [1.82, 2.24) is 5.16 Å². The molecule has 1 N–H and O–H groups in total. The molecule has 1 heterocycles. The molecular weight excluding hydrogens is 324 g/mol. The van der Waals surface area contributed by atoms with E-state index in [0.717, 1.165) is 39.4 Å². The molecule has 0 atom stereocenters. The molecule has 0 saturated carbocycles. The van der Waals surface area contributed by atoms with Crippen molar-refractivity contribution < 1.29 is 9.32 Å². The second-order valence-corrected chi connectivity index (χ2v) is 6.39. The Kier molecular flexibility index (Phi) is 5.03. The summed E-state index contributed by atoms with van der Waals surface area (Å²) >= 11 is 0. The third kappa shape index (κ3) is 3.75. The summed E-state index contributed by atoms with van der Waals surface area (Å²) in [6.45, 7) is 7.84. The van der Waals surface area contributed by atoms with Crippen molar-refractivity contribution in [3.05, 3.63) is 81.7 Å². The van der Waals surface area contributed by atoms with Gasteiger partial charge in [0.2, 0.25) is 0 Å². The third-order valence-electron chi connectivity index (χ3n) is 4.56. The van der Waals surface area contributed by atoms with Crippen LogP contribution in [-0.4, -0.2) is 11.1 Å². The highest BCUT2D eigenvalue weighted by molar-refractivity contribution is 6.04. The van der Waals surface area contributed by atoms with Gasteiger partial charge in [0.15, 0.2) is 0 Å². The average molecular weight is 346 g/mol. The predicted octanol–water partition coefficient (Wildman–Crippen LogP) is 5.33. The van der Waals surface area contributed by atoms with Gasteiger partial charge in [0.25, 0.3) is 5.91 Å². The lowest BCUT2D eigenvalue weighted by Gasteiger charge is -2.10. The van der Waals surface area contributed by atoms with Crippen molar-refractivity contribution in [1.29, 1.82) is 0 Å². The number of benzene rings is 2.